The zero-order valence-electron chi connectivity index (χ0n) is 11.1. The summed E-state index contributed by atoms with van der Waals surface area (Å²) in [5, 5.41) is 14.4. The van der Waals surface area contributed by atoms with Gasteiger partial charge in [0, 0.05) is 16.6 Å². The largest absolute Gasteiger partial charge is 0.377 e. The molecule has 1 aromatic rings. The van der Waals surface area contributed by atoms with Crippen LogP contribution in [0.15, 0.2) is 22.7 Å². The molecule has 19 heavy (non-hydrogen) atoms. The molecule has 0 radical (unpaired) electrons. The van der Waals surface area contributed by atoms with Gasteiger partial charge in [-0.1, -0.05) is 29.3 Å². The van der Waals surface area contributed by atoms with Gasteiger partial charge in [0.1, 0.15) is 5.69 Å². The molecule has 1 fully saturated rings. The molecule has 1 aliphatic rings. The van der Waals surface area contributed by atoms with Gasteiger partial charge in [0.2, 0.25) is 0 Å². The van der Waals surface area contributed by atoms with Crippen molar-refractivity contribution in [2.75, 3.05) is 5.32 Å². The lowest BCUT2D eigenvalue weighted by molar-refractivity contribution is -0.384. The lowest BCUT2D eigenvalue weighted by Crippen LogP contribution is -2.26. The molecule has 1 aromatic carbocycles. The molecule has 0 bridgehead atoms. The Hall–Kier alpha value is -1.10. The Bertz CT molecular complexity index is 457. The summed E-state index contributed by atoms with van der Waals surface area (Å²) >= 11 is 3.27. The number of benzene rings is 1. The van der Waals surface area contributed by atoms with Gasteiger partial charge in [0.25, 0.3) is 5.69 Å². The highest BCUT2D eigenvalue weighted by molar-refractivity contribution is 9.10. The average Bonchev–Trinajstić information content (AvgIpc) is 2.41. The van der Waals surface area contributed by atoms with Crippen molar-refractivity contribution < 1.29 is 4.92 Å². The number of rotatable bonds is 4. The van der Waals surface area contributed by atoms with Gasteiger partial charge in [-0.2, -0.15) is 0 Å². The van der Waals surface area contributed by atoms with E-state index in [0.29, 0.717) is 11.7 Å². The lowest BCUT2D eigenvalue weighted by Gasteiger charge is -2.29. The van der Waals surface area contributed by atoms with E-state index in [4.69, 9.17) is 0 Å². The predicted molar refractivity (Wildman–Crippen MR) is 80.5 cm³/mol. The Morgan fingerprint density at radius 1 is 1.37 bits per heavy atom. The van der Waals surface area contributed by atoms with Crippen molar-refractivity contribution in [1.82, 2.24) is 0 Å². The van der Waals surface area contributed by atoms with Gasteiger partial charge in [-0.3, -0.25) is 10.1 Å². The van der Waals surface area contributed by atoms with Crippen LogP contribution in [0.4, 0.5) is 11.4 Å². The molecule has 1 aliphatic carbocycles. The quantitative estimate of drug-likeness (QED) is 0.642. The fourth-order valence-electron chi connectivity index (χ4n) is 2.71. The smallest absolute Gasteiger partial charge is 0.293 e. The topological polar surface area (TPSA) is 55.2 Å². The van der Waals surface area contributed by atoms with Gasteiger partial charge in [0.05, 0.1) is 4.92 Å². The summed E-state index contributed by atoms with van der Waals surface area (Å²) in [6.45, 7) is 2.23. The second kappa shape index (κ2) is 6.37. The lowest BCUT2D eigenvalue weighted by atomic mass is 9.84. The third-order valence-corrected chi connectivity index (χ3v) is 4.43. The van der Waals surface area contributed by atoms with E-state index in [1.807, 2.05) is 6.07 Å². The van der Waals surface area contributed by atoms with E-state index < -0.39 is 0 Å². The van der Waals surface area contributed by atoms with E-state index >= 15 is 0 Å². The maximum absolute atomic E-state index is 11.1. The summed E-state index contributed by atoms with van der Waals surface area (Å²) in [4.78, 5) is 10.7. The Morgan fingerprint density at radius 2 is 2.05 bits per heavy atom. The second-order valence-electron chi connectivity index (χ2n) is 5.19. The number of nitrogens with one attached hydrogen (secondary N) is 1. The predicted octanol–water partition coefficient (Wildman–Crippen LogP) is 4.74. The number of halogens is 1. The minimum atomic E-state index is -0.329. The average molecular weight is 327 g/mol. The van der Waals surface area contributed by atoms with E-state index in [1.54, 1.807) is 12.1 Å². The van der Waals surface area contributed by atoms with Crippen LogP contribution < -0.4 is 5.32 Å². The Labute approximate surface area is 121 Å². The van der Waals surface area contributed by atoms with Gasteiger partial charge in [0.15, 0.2) is 0 Å². The number of nitro groups is 1. The van der Waals surface area contributed by atoms with Crippen LogP contribution in [0.3, 0.4) is 0 Å². The van der Waals surface area contributed by atoms with Gasteiger partial charge in [-0.15, -0.1) is 0 Å². The summed E-state index contributed by atoms with van der Waals surface area (Å²) in [7, 11) is 0. The van der Waals surface area contributed by atoms with Crippen molar-refractivity contribution in [3.63, 3.8) is 0 Å². The Balaban J connectivity index is 2.05. The highest BCUT2D eigenvalue weighted by Gasteiger charge is 2.22. The molecule has 0 unspecified atom stereocenters. The van der Waals surface area contributed by atoms with Crippen LogP contribution in [0.1, 0.15) is 39.0 Å². The number of hydrogen-bond donors (Lipinski definition) is 1. The first kappa shape index (κ1) is 14.3. The molecular weight excluding hydrogens is 308 g/mol. The van der Waals surface area contributed by atoms with Crippen molar-refractivity contribution in [2.45, 2.75) is 45.1 Å². The SMILES string of the molecule is CCC1CCC(Nc2ccc(Br)cc2[N+](=O)[O-])CC1. The molecule has 0 atom stereocenters. The Kier molecular flexibility index (Phi) is 4.80. The van der Waals surface area contributed by atoms with Crippen LogP contribution in [0.25, 0.3) is 0 Å². The van der Waals surface area contributed by atoms with E-state index in [-0.39, 0.29) is 10.6 Å². The molecule has 5 heteroatoms. The van der Waals surface area contributed by atoms with E-state index in [1.165, 1.54) is 19.3 Å². The first-order valence-corrected chi connectivity index (χ1v) is 7.60. The zero-order chi connectivity index (χ0) is 13.8. The van der Waals surface area contributed by atoms with Gasteiger partial charge >= 0.3 is 0 Å². The molecule has 1 N–H and O–H groups in total. The summed E-state index contributed by atoms with van der Waals surface area (Å²) in [6.07, 6.45) is 5.89. The monoisotopic (exact) mass is 326 g/mol. The fraction of sp³-hybridized carbons (Fsp3) is 0.571. The van der Waals surface area contributed by atoms with Crippen LogP contribution in [0.5, 0.6) is 0 Å². The van der Waals surface area contributed by atoms with E-state index in [2.05, 4.69) is 28.2 Å². The molecule has 104 valence electrons. The fourth-order valence-corrected chi connectivity index (χ4v) is 3.06. The minimum Gasteiger partial charge on any atom is -0.377 e. The van der Waals surface area contributed by atoms with Crippen LogP contribution >= 0.6 is 15.9 Å². The standard InChI is InChI=1S/C14H19BrN2O2/c1-2-10-3-6-12(7-4-10)16-13-8-5-11(15)9-14(13)17(18)19/h5,8-10,12,16H,2-4,6-7H2,1H3. The van der Waals surface area contributed by atoms with Crippen LogP contribution in [0, 0.1) is 16.0 Å². The second-order valence-corrected chi connectivity index (χ2v) is 6.10. The Morgan fingerprint density at radius 3 is 2.63 bits per heavy atom. The van der Waals surface area contributed by atoms with Crippen LogP contribution in [-0.4, -0.2) is 11.0 Å². The van der Waals surface area contributed by atoms with Gasteiger partial charge in [-0.05, 0) is 43.7 Å². The first-order chi connectivity index (χ1) is 9.10. The molecule has 0 spiro atoms. The van der Waals surface area contributed by atoms with E-state index in [9.17, 15) is 10.1 Å². The third-order valence-electron chi connectivity index (χ3n) is 3.94. The molecule has 0 aromatic heterocycles. The summed E-state index contributed by atoms with van der Waals surface area (Å²) in [5.41, 5.74) is 0.778. The first-order valence-electron chi connectivity index (χ1n) is 6.80. The molecule has 0 aliphatic heterocycles. The normalized spacial score (nSPS) is 23.1. The molecule has 4 nitrogen and oxygen atoms in total. The molecule has 0 amide bonds. The van der Waals surface area contributed by atoms with Gasteiger partial charge < -0.3 is 5.32 Å². The van der Waals surface area contributed by atoms with Crippen molar-refractivity contribution in [1.29, 1.82) is 0 Å². The third kappa shape index (κ3) is 3.69. The summed E-state index contributed by atoms with van der Waals surface area (Å²) in [5.74, 6) is 0.831. The van der Waals surface area contributed by atoms with E-state index in [0.717, 1.165) is 23.2 Å². The number of hydrogen-bond acceptors (Lipinski definition) is 3. The van der Waals surface area contributed by atoms with Crippen molar-refractivity contribution >= 4 is 27.3 Å². The maximum atomic E-state index is 11.1. The summed E-state index contributed by atoms with van der Waals surface area (Å²) in [6, 6.07) is 5.55. The number of anilines is 1. The molecule has 2 rings (SSSR count). The van der Waals surface area contributed by atoms with Crippen molar-refractivity contribution in [3.05, 3.63) is 32.8 Å². The van der Waals surface area contributed by atoms with Gasteiger partial charge in [-0.25, -0.2) is 0 Å². The van der Waals surface area contributed by atoms with Crippen LogP contribution in [0.2, 0.25) is 0 Å². The van der Waals surface area contributed by atoms with Crippen LogP contribution in [-0.2, 0) is 0 Å². The zero-order valence-corrected chi connectivity index (χ0v) is 12.6. The van der Waals surface area contributed by atoms with Crippen molar-refractivity contribution in [2.24, 2.45) is 5.92 Å². The number of nitrogens with zero attached hydrogens (tertiary/aromatic N) is 1. The minimum absolute atomic E-state index is 0.145. The molecule has 0 saturated heterocycles. The van der Waals surface area contributed by atoms with Crippen molar-refractivity contribution in [3.8, 4) is 0 Å². The highest BCUT2D eigenvalue weighted by atomic mass is 79.9. The molecule has 0 heterocycles. The number of nitro benzene ring substituents is 1. The maximum Gasteiger partial charge on any atom is 0.293 e. The molecular formula is C14H19BrN2O2. The highest BCUT2D eigenvalue weighted by Crippen LogP contribution is 2.32. The summed E-state index contributed by atoms with van der Waals surface area (Å²) < 4.78 is 0.736. The molecule has 1 saturated carbocycles.